The molecule has 0 atom stereocenters. The number of nitrogens with two attached hydrogens (primary N) is 1. The van der Waals surface area contributed by atoms with E-state index in [-0.39, 0.29) is 0 Å². The fraction of sp³-hybridized carbons (Fsp3) is 0.800. The summed E-state index contributed by atoms with van der Waals surface area (Å²) in [5.41, 5.74) is 5.55. The van der Waals surface area contributed by atoms with Crippen molar-refractivity contribution in [3.63, 3.8) is 0 Å². The summed E-state index contributed by atoms with van der Waals surface area (Å²) in [6, 6.07) is 0.703. The highest BCUT2D eigenvalue weighted by Gasteiger charge is 2.30. The Morgan fingerprint density at radius 3 is 2.87 bits per heavy atom. The predicted octanol–water partition coefficient (Wildman–Crippen LogP) is 1.42. The van der Waals surface area contributed by atoms with E-state index in [2.05, 4.69) is 21.2 Å². The lowest BCUT2D eigenvalue weighted by Gasteiger charge is -2.20. The van der Waals surface area contributed by atoms with Crippen LogP contribution in [0.4, 0.5) is 5.13 Å². The third-order valence-corrected chi connectivity index (χ3v) is 3.40. The second-order valence-corrected chi connectivity index (χ2v) is 4.64. The molecule has 1 aliphatic carbocycles. The van der Waals surface area contributed by atoms with Crippen molar-refractivity contribution in [1.29, 1.82) is 0 Å². The fourth-order valence-corrected chi connectivity index (χ4v) is 2.44. The minimum absolute atomic E-state index is 0.703. The molecule has 15 heavy (non-hydrogen) atoms. The monoisotopic (exact) mass is 226 g/mol. The molecule has 0 saturated heterocycles. The number of nitrogens with zero attached hydrogens (tertiary/aromatic N) is 3. The second-order valence-electron chi connectivity index (χ2n) is 3.91. The summed E-state index contributed by atoms with van der Waals surface area (Å²) in [6.45, 7) is 3.87. The van der Waals surface area contributed by atoms with Gasteiger partial charge >= 0.3 is 0 Å². The largest absolute Gasteiger partial charge is 0.344 e. The maximum absolute atomic E-state index is 5.55. The first-order valence-corrected chi connectivity index (χ1v) is 6.41. The Balaban J connectivity index is 2.02. The lowest BCUT2D eigenvalue weighted by Crippen LogP contribution is -2.28. The molecule has 0 amide bonds. The average Bonchev–Trinajstić information content (AvgIpc) is 2.97. The number of hydrogen-bond donors (Lipinski definition) is 1. The van der Waals surface area contributed by atoms with Gasteiger partial charge in [0.05, 0.1) is 0 Å². The highest BCUT2D eigenvalue weighted by Crippen LogP contribution is 2.32. The zero-order valence-electron chi connectivity index (χ0n) is 9.15. The SMILES string of the molecule is CCc1nsc(N(CCCN)C2CC2)n1. The van der Waals surface area contributed by atoms with Crippen molar-refractivity contribution in [2.75, 3.05) is 18.0 Å². The molecule has 1 saturated carbocycles. The Morgan fingerprint density at radius 2 is 2.33 bits per heavy atom. The minimum atomic E-state index is 0.703. The van der Waals surface area contributed by atoms with Gasteiger partial charge in [-0.1, -0.05) is 6.92 Å². The Labute approximate surface area is 94.7 Å². The maximum atomic E-state index is 5.55. The molecule has 2 N–H and O–H groups in total. The van der Waals surface area contributed by atoms with E-state index in [0.717, 1.165) is 36.9 Å². The molecule has 1 aromatic rings. The molecule has 4 nitrogen and oxygen atoms in total. The van der Waals surface area contributed by atoms with Crippen molar-refractivity contribution >= 4 is 16.7 Å². The molecule has 0 aromatic carbocycles. The van der Waals surface area contributed by atoms with Gasteiger partial charge in [0, 0.05) is 30.5 Å². The smallest absolute Gasteiger partial charge is 0.205 e. The number of aryl methyl sites for hydroxylation is 1. The summed E-state index contributed by atoms with van der Waals surface area (Å²) in [6.07, 6.45) is 4.56. The van der Waals surface area contributed by atoms with Gasteiger partial charge in [0.1, 0.15) is 5.82 Å². The molecule has 1 aromatic heterocycles. The Kier molecular flexibility index (Phi) is 3.53. The molecule has 0 bridgehead atoms. The summed E-state index contributed by atoms with van der Waals surface area (Å²) < 4.78 is 4.33. The van der Waals surface area contributed by atoms with Crippen LogP contribution >= 0.6 is 11.5 Å². The van der Waals surface area contributed by atoms with E-state index < -0.39 is 0 Å². The molecule has 5 heteroatoms. The first kappa shape index (κ1) is 10.8. The van der Waals surface area contributed by atoms with Crippen LogP contribution in [0.25, 0.3) is 0 Å². The van der Waals surface area contributed by atoms with E-state index in [1.165, 1.54) is 24.4 Å². The van der Waals surface area contributed by atoms with Crippen LogP contribution in [0.2, 0.25) is 0 Å². The normalized spacial score (nSPS) is 15.6. The van der Waals surface area contributed by atoms with Crippen LogP contribution in [0, 0.1) is 0 Å². The third-order valence-electron chi connectivity index (χ3n) is 2.61. The Bertz CT molecular complexity index is 308. The highest BCUT2D eigenvalue weighted by molar-refractivity contribution is 7.09. The highest BCUT2D eigenvalue weighted by atomic mass is 32.1. The van der Waals surface area contributed by atoms with Crippen LogP contribution in [0.3, 0.4) is 0 Å². The summed E-state index contributed by atoms with van der Waals surface area (Å²) in [4.78, 5) is 6.91. The van der Waals surface area contributed by atoms with Gasteiger partial charge in [0.15, 0.2) is 0 Å². The van der Waals surface area contributed by atoms with Gasteiger partial charge in [-0.2, -0.15) is 4.37 Å². The summed E-state index contributed by atoms with van der Waals surface area (Å²) >= 11 is 1.52. The number of anilines is 1. The van der Waals surface area contributed by atoms with Gasteiger partial charge in [0.25, 0.3) is 0 Å². The molecular formula is C10H18N4S. The predicted molar refractivity (Wildman–Crippen MR) is 63.3 cm³/mol. The van der Waals surface area contributed by atoms with Crippen molar-refractivity contribution < 1.29 is 0 Å². The molecule has 1 heterocycles. The quantitative estimate of drug-likeness (QED) is 0.797. The van der Waals surface area contributed by atoms with E-state index in [1.54, 1.807) is 0 Å². The Hall–Kier alpha value is -0.680. The van der Waals surface area contributed by atoms with Crippen LogP contribution in [0.5, 0.6) is 0 Å². The van der Waals surface area contributed by atoms with E-state index in [4.69, 9.17) is 5.73 Å². The van der Waals surface area contributed by atoms with Gasteiger partial charge in [-0.25, -0.2) is 4.98 Å². The van der Waals surface area contributed by atoms with Gasteiger partial charge < -0.3 is 10.6 Å². The fourth-order valence-electron chi connectivity index (χ4n) is 1.59. The van der Waals surface area contributed by atoms with Gasteiger partial charge in [-0.15, -0.1) is 0 Å². The summed E-state index contributed by atoms with van der Waals surface area (Å²) in [5, 5.41) is 1.09. The van der Waals surface area contributed by atoms with E-state index >= 15 is 0 Å². The van der Waals surface area contributed by atoms with Crippen molar-refractivity contribution in [1.82, 2.24) is 9.36 Å². The number of aromatic nitrogens is 2. The zero-order chi connectivity index (χ0) is 10.7. The Morgan fingerprint density at radius 1 is 1.53 bits per heavy atom. The van der Waals surface area contributed by atoms with Crippen LogP contribution in [0.1, 0.15) is 32.0 Å². The molecule has 0 radical (unpaired) electrons. The first-order valence-electron chi connectivity index (χ1n) is 5.64. The maximum Gasteiger partial charge on any atom is 0.205 e. The zero-order valence-corrected chi connectivity index (χ0v) is 9.96. The van der Waals surface area contributed by atoms with E-state index in [9.17, 15) is 0 Å². The number of rotatable bonds is 6. The van der Waals surface area contributed by atoms with Crippen molar-refractivity contribution in [2.45, 2.75) is 38.6 Å². The molecule has 2 rings (SSSR count). The standard InChI is InChI=1S/C10H18N4S/c1-2-9-12-10(15-13-9)14(7-3-6-11)8-4-5-8/h8H,2-7,11H2,1H3. The van der Waals surface area contributed by atoms with Crippen molar-refractivity contribution in [3.05, 3.63) is 5.82 Å². The van der Waals surface area contributed by atoms with Crippen LogP contribution in [0.15, 0.2) is 0 Å². The topological polar surface area (TPSA) is 55.0 Å². The molecule has 1 fully saturated rings. The summed E-state index contributed by atoms with van der Waals surface area (Å²) in [5.74, 6) is 0.966. The second kappa shape index (κ2) is 4.90. The van der Waals surface area contributed by atoms with Gasteiger partial charge in [0.2, 0.25) is 5.13 Å². The average molecular weight is 226 g/mol. The first-order chi connectivity index (χ1) is 7.35. The van der Waals surface area contributed by atoms with Gasteiger partial charge in [-0.05, 0) is 25.8 Å². The van der Waals surface area contributed by atoms with Gasteiger partial charge in [-0.3, -0.25) is 0 Å². The van der Waals surface area contributed by atoms with Crippen molar-refractivity contribution in [2.24, 2.45) is 5.73 Å². The number of hydrogen-bond acceptors (Lipinski definition) is 5. The summed E-state index contributed by atoms with van der Waals surface area (Å²) in [7, 11) is 0. The van der Waals surface area contributed by atoms with Crippen LogP contribution in [-0.2, 0) is 6.42 Å². The molecule has 0 aliphatic heterocycles. The van der Waals surface area contributed by atoms with E-state index in [0.29, 0.717) is 6.04 Å². The van der Waals surface area contributed by atoms with Crippen molar-refractivity contribution in [3.8, 4) is 0 Å². The molecule has 0 spiro atoms. The molecule has 84 valence electrons. The molecule has 0 unspecified atom stereocenters. The third kappa shape index (κ3) is 2.66. The minimum Gasteiger partial charge on any atom is -0.344 e. The van der Waals surface area contributed by atoms with E-state index in [1.807, 2.05) is 0 Å². The van der Waals surface area contributed by atoms with Crippen LogP contribution in [-0.4, -0.2) is 28.5 Å². The lowest BCUT2D eigenvalue weighted by molar-refractivity contribution is 0.728. The van der Waals surface area contributed by atoms with Crippen LogP contribution < -0.4 is 10.6 Å². The lowest BCUT2D eigenvalue weighted by atomic mass is 10.4. The molecular weight excluding hydrogens is 208 g/mol. The molecule has 1 aliphatic rings.